The average Bonchev–Trinajstić information content (AvgIpc) is 3.23. The first-order valence-electron chi connectivity index (χ1n) is 11.9. The van der Waals surface area contributed by atoms with Crippen molar-refractivity contribution in [2.75, 3.05) is 6.54 Å². The second kappa shape index (κ2) is 10.1. The van der Waals surface area contributed by atoms with E-state index in [2.05, 4.69) is 26.2 Å². The van der Waals surface area contributed by atoms with Crippen molar-refractivity contribution in [1.82, 2.24) is 14.9 Å². The highest BCUT2D eigenvalue weighted by Gasteiger charge is 2.30. The van der Waals surface area contributed by atoms with Gasteiger partial charge in [-0.3, -0.25) is 9.59 Å². The molecule has 188 valence electrons. The number of aryl methyl sites for hydroxylation is 1. The van der Waals surface area contributed by atoms with Crippen LogP contribution < -0.4 is 10.9 Å². The normalized spacial score (nSPS) is 12.2. The summed E-state index contributed by atoms with van der Waals surface area (Å²) in [6.45, 7) is 1.93. The van der Waals surface area contributed by atoms with E-state index >= 15 is 0 Å². The maximum atomic E-state index is 13.9. The number of aromatic nitrogens is 2. The molecular weight excluding hydrogens is 554 g/mol. The lowest BCUT2D eigenvalue weighted by molar-refractivity contribution is -0.118. The highest BCUT2D eigenvalue weighted by atomic mass is 79.9. The molecule has 1 unspecified atom stereocenters. The number of H-pyrrole nitrogens is 1. The van der Waals surface area contributed by atoms with Crippen molar-refractivity contribution in [1.29, 1.82) is 0 Å². The molecule has 2 aromatic heterocycles. The summed E-state index contributed by atoms with van der Waals surface area (Å²) in [5.41, 5.74) is 4.05. The molecule has 0 aliphatic carbocycles. The Morgan fingerprint density at radius 3 is 2.65 bits per heavy atom. The number of pyridine rings is 1. The number of rotatable bonds is 6. The lowest BCUT2D eigenvalue weighted by Gasteiger charge is -2.22. The molecule has 0 fully saturated rings. The molecule has 6 nitrogen and oxygen atoms in total. The van der Waals surface area contributed by atoms with Crippen LogP contribution in [0.15, 0.2) is 76.0 Å². The number of aromatic hydroxyl groups is 1. The molecule has 5 rings (SSSR count). The van der Waals surface area contributed by atoms with Crippen LogP contribution in [0.3, 0.4) is 0 Å². The first-order valence-corrected chi connectivity index (χ1v) is 13.0. The third kappa shape index (κ3) is 4.65. The Morgan fingerprint density at radius 1 is 1.11 bits per heavy atom. The molecule has 0 aliphatic rings. The zero-order valence-corrected chi connectivity index (χ0v) is 22.7. The first kappa shape index (κ1) is 25.1. The second-order valence-corrected chi connectivity index (χ2v) is 10.4. The molecule has 0 radical (unpaired) electrons. The maximum Gasteiger partial charge on any atom is 0.258 e. The minimum absolute atomic E-state index is 0.1000. The van der Waals surface area contributed by atoms with Gasteiger partial charge in [0, 0.05) is 52.0 Å². The fourth-order valence-electron chi connectivity index (χ4n) is 5.05. The van der Waals surface area contributed by atoms with E-state index in [0.717, 1.165) is 32.2 Å². The molecule has 3 aromatic carbocycles. The van der Waals surface area contributed by atoms with Crippen molar-refractivity contribution in [3.05, 3.63) is 109 Å². The zero-order chi connectivity index (χ0) is 26.3. The summed E-state index contributed by atoms with van der Waals surface area (Å²) >= 11 is 9.85. The number of halogens is 2. The van der Waals surface area contributed by atoms with Crippen LogP contribution in [0.5, 0.6) is 5.75 Å². The molecule has 37 heavy (non-hydrogen) atoms. The van der Waals surface area contributed by atoms with Gasteiger partial charge in [0.25, 0.3) is 5.56 Å². The van der Waals surface area contributed by atoms with Crippen molar-refractivity contribution in [2.45, 2.75) is 19.3 Å². The van der Waals surface area contributed by atoms with Crippen molar-refractivity contribution < 1.29 is 9.90 Å². The number of para-hydroxylation sites is 1. The van der Waals surface area contributed by atoms with Gasteiger partial charge in [0.1, 0.15) is 5.75 Å². The average molecular weight is 579 g/mol. The van der Waals surface area contributed by atoms with E-state index in [1.54, 1.807) is 29.8 Å². The number of nitrogens with one attached hydrogen (secondary N) is 2. The summed E-state index contributed by atoms with van der Waals surface area (Å²) in [5, 5.41) is 16.4. The van der Waals surface area contributed by atoms with E-state index < -0.39 is 5.92 Å². The van der Waals surface area contributed by atoms with Crippen LogP contribution in [-0.4, -0.2) is 27.1 Å². The topological polar surface area (TPSA) is 87.1 Å². The minimum atomic E-state index is -0.612. The highest BCUT2D eigenvalue weighted by Crippen LogP contribution is 2.41. The summed E-state index contributed by atoms with van der Waals surface area (Å²) in [5.74, 6) is -0.820. The SMILES string of the molecule is CC(=O)NCCc1c(C(c2cccc(Br)c2)c2c(O)c3cc(Cl)ccc3n(C)c2=O)[nH]c2ccccc12. The van der Waals surface area contributed by atoms with Crippen LogP contribution in [0.4, 0.5) is 0 Å². The van der Waals surface area contributed by atoms with Gasteiger partial charge in [-0.1, -0.05) is 57.9 Å². The predicted octanol–water partition coefficient (Wildman–Crippen LogP) is 6.00. The number of nitrogens with zero attached hydrogens (tertiary/aromatic N) is 1. The smallest absolute Gasteiger partial charge is 0.258 e. The lowest BCUT2D eigenvalue weighted by Crippen LogP contribution is -2.26. The molecular formula is C29H25BrClN3O3. The summed E-state index contributed by atoms with van der Waals surface area (Å²) in [6, 6.07) is 20.8. The Bertz CT molecular complexity index is 1720. The molecule has 0 saturated carbocycles. The number of amides is 1. The van der Waals surface area contributed by atoms with E-state index in [0.29, 0.717) is 28.9 Å². The summed E-state index contributed by atoms with van der Waals surface area (Å²) in [4.78, 5) is 29.0. The van der Waals surface area contributed by atoms with Gasteiger partial charge < -0.3 is 20.0 Å². The Labute approximate surface area is 227 Å². The predicted molar refractivity (Wildman–Crippen MR) is 152 cm³/mol. The number of hydrogen-bond donors (Lipinski definition) is 3. The van der Waals surface area contributed by atoms with Crippen LogP contribution in [0, 0.1) is 0 Å². The van der Waals surface area contributed by atoms with E-state index in [1.165, 1.54) is 6.92 Å². The largest absolute Gasteiger partial charge is 0.507 e. The van der Waals surface area contributed by atoms with Gasteiger partial charge in [0.15, 0.2) is 0 Å². The molecule has 0 bridgehead atoms. The molecule has 3 N–H and O–H groups in total. The number of aromatic amines is 1. The van der Waals surface area contributed by atoms with Crippen LogP contribution in [0.1, 0.15) is 35.2 Å². The van der Waals surface area contributed by atoms with Crippen LogP contribution in [0.25, 0.3) is 21.8 Å². The summed E-state index contributed by atoms with van der Waals surface area (Å²) in [6.07, 6.45) is 0.546. The minimum Gasteiger partial charge on any atom is -0.507 e. The van der Waals surface area contributed by atoms with E-state index in [9.17, 15) is 14.7 Å². The highest BCUT2D eigenvalue weighted by molar-refractivity contribution is 9.10. The van der Waals surface area contributed by atoms with E-state index in [1.807, 2.05) is 48.5 Å². The molecule has 1 atom stereocenters. The third-order valence-corrected chi connectivity index (χ3v) is 7.45. The Hall–Kier alpha value is -3.55. The van der Waals surface area contributed by atoms with Crippen LogP contribution in [0.2, 0.25) is 5.02 Å². The van der Waals surface area contributed by atoms with E-state index in [-0.39, 0.29) is 22.8 Å². The second-order valence-electron chi connectivity index (χ2n) is 9.07. The van der Waals surface area contributed by atoms with Gasteiger partial charge >= 0.3 is 0 Å². The molecule has 5 aromatic rings. The molecule has 0 spiro atoms. The van der Waals surface area contributed by atoms with Gasteiger partial charge in [0.2, 0.25) is 5.91 Å². The first-order chi connectivity index (χ1) is 17.8. The van der Waals surface area contributed by atoms with Gasteiger partial charge in [-0.25, -0.2) is 0 Å². The molecule has 1 amide bonds. The molecule has 0 saturated heterocycles. The molecule has 2 heterocycles. The number of carbonyl (C=O) groups is 1. The number of hydrogen-bond acceptors (Lipinski definition) is 3. The monoisotopic (exact) mass is 577 g/mol. The van der Waals surface area contributed by atoms with Gasteiger partial charge in [-0.2, -0.15) is 0 Å². The Balaban J connectivity index is 1.84. The number of benzene rings is 3. The van der Waals surface area contributed by atoms with Crippen LogP contribution in [-0.2, 0) is 18.3 Å². The van der Waals surface area contributed by atoms with Crippen LogP contribution >= 0.6 is 27.5 Å². The fraction of sp³-hybridized carbons (Fsp3) is 0.172. The van der Waals surface area contributed by atoms with Gasteiger partial charge in [-0.05, 0) is 53.9 Å². The van der Waals surface area contributed by atoms with Crippen molar-refractivity contribution >= 4 is 55.2 Å². The van der Waals surface area contributed by atoms with E-state index in [4.69, 9.17) is 11.6 Å². The summed E-state index contributed by atoms with van der Waals surface area (Å²) in [7, 11) is 1.70. The Morgan fingerprint density at radius 2 is 1.89 bits per heavy atom. The quantitative estimate of drug-likeness (QED) is 0.231. The molecule has 8 heteroatoms. The van der Waals surface area contributed by atoms with Crippen molar-refractivity contribution in [2.24, 2.45) is 7.05 Å². The Kier molecular flexibility index (Phi) is 6.84. The lowest BCUT2D eigenvalue weighted by atomic mass is 9.85. The van der Waals surface area contributed by atoms with Gasteiger partial charge in [0.05, 0.1) is 17.0 Å². The third-order valence-electron chi connectivity index (χ3n) is 6.72. The fourth-order valence-corrected chi connectivity index (χ4v) is 5.64. The standard InChI is InChI=1S/C29H25BrClN3O3/c1-16(35)32-13-12-21-20-8-3-4-9-23(20)33-27(21)25(17-6-5-7-18(30)14-17)26-28(36)22-15-19(31)10-11-24(22)34(2)29(26)37/h3-11,14-15,25,33,36H,12-13H2,1-2H3,(H,32,35). The number of carbonyl (C=O) groups excluding carboxylic acids is 1. The number of fused-ring (bicyclic) bond motifs is 2. The molecule has 0 aliphatic heterocycles. The summed E-state index contributed by atoms with van der Waals surface area (Å²) < 4.78 is 2.40. The maximum absolute atomic E-state index is 13.9. The zero-order valence-electron chi connectivity index (χ0n) is 20.3. The van der Waals surface area contributed by atoms with Gasteiger partial charge in [-0.15, -0.1) is 0 Å². The van der Waals surface area contributed by atoms with Crippen molar-refractivity contribution in [3.63, 3.8) is 0 Å². The van der Waals surface area contributed by atoms with Crippen molar-refractivity contribution in [3.8, 4) is 5.75 Å².